The van der Waals surface area contributed by atoms with Crippen LogP contribution in [0, 0.1) is 5.82 Å². The number of amides is 1. The second-order valence-electron chi connectivity index (χ2n) is 7.17. The molecular weight excluding hydrogens is 493 g/mol. The van der Waals surface area contributed by atoms with Gasteiger partial charge in [0.15, 0.2) is 5.65 Å². The van der Waals surface area contributed by atoms with Gasteiger partial charge in [0.1, 0.15) is 11.6 Å². The first-order valence-electron chi connectivity index (χ1n) is 9.87. The number of aromatic nitrogens is 5. The van der Waals surface area contributed by atoms with Gasteiger partial charge in [-0.15, -0.1) is 5.10 Å². The van der Waals surface area contributed by atoms with Crippen LogP contribution >= 0.6 is 15.9 Å². The van der Waals surface area contributed by atoms with Crippen molar-refractivity contribution >= 4 is 38.7 Å². The smallest absolute Gasteiger partial charge is 0.256 e. The molecule has 1 amide bonds. The van der Waals surface area contributed by atoms with Crippen LogP contribution in [-0.4, -0.2) is 43.1 Å². The number of carbonyl (C=O) groups is 1. The molecule has 0 aliphatic heterocycles. The van der Waals surface area contributed by atoms with Gasteiger partial charge in [0.05, 0.1) is 41.1 Å². The fourth-order valence-electron chi connectivity index (χ4n) is 3.29. The molecule has 9 nitrogen and oxygen atoms in total. The Balaban J connectivity index is 1.74. The number of nitrogens with zero attached hydrogens (tertiary/aromatic N) is 6. The van der Waals surface area contributed by atoms with Crippen molar-refractivity contribution in [3.8, 4) is 5.88 Å². The van der Waals surface area contributed by atoms with E-state index in [9.17, 15) is 9.18 Å². The van der Waals surface area contributed by atoms with Crippen molar-refractivity contribution in [3.05, 3.63) is 76.0 Å². The number of pyridine rings is 3. The maximum atomic E-state index is 14.5. The van der Waals surface area contributed by atoms with Crippen LogP contribution in [0.1, 0.15) is 34.7 Å². The normalized spacial score (nSPS) is 11.9. The number of nitrogen functional groups attached to an aromatic ring is 1. The van der Waals surface area contributed by atoms with Crippen molar-refractivity contribution < 1.29 is 13.9 Å². The van der Waals surface area contributed by atoms with Gasteiger partial charge in [0.25, 0.3) is 5.91 Å². The standard InChI is InChI=1S/C22H19BrFN7O2/c1-12(19-17(24)4-3-7-26-19)31(11-15-5-6-18(33-2)30-29-15)22(32)14-8-13-9-16(23)20(25)28-21(13)27-10-14/h3-10,12H,11H2,1-2H3,(H2,25,27,28)/t12-/m1/s1. The molecule has 4 aromatic heterocycles. The number of nitrogens with two attached hydrogens (primary N) is 1. The molecule has 11 heteroatoms. The maximum absolute atomic E-state index is 14.5. The second-order valence-corrected chi connectivity index (χ2v) is 8.03. The number of fused-ring (bicyclic) bond motifs is 1. The van der Waals surface area contributed by atoms with E-state index in [0.717, 1.165) is 0 Å². The minimum atomic E-state index is -0.699. The minimum Gasteiger partial charge on any atom is -0.480 e. The Morgan fingerprint density at radius 2 is 2.06 bits per heavy atom. The van der Waals surface area contributed by atoms with Gasteiger partial charge in [-0.3, -0.25) is 9.78 Å². The maximum Gasteiger partial charge on any atom is 0.256 e. The van der Waals surface area contributed by atoms with E-state index in [2.05, 4.69) is 41.1 Å². The van der Waals surface area contributed by atoms with Gasteiger partial charge in [-0.05, 0) is 53.2 Å². The van der Waals surface area contributed by atoms with Crippen molar-refractivity contribution in [2.75, 3.05) is 12.8 Å². The summed E-state index contributed by atoms with van der Waals surface area (Å²) in [7, 11) is 1.49. The molecule has 0 saturated heterocycles. The largest absolute Gasteiger partial charge is 0.480 e. The fourth-order valence-corrected chi connectivity index (χ4v) is 3.62. The zero-order chi connectivity index (χ0) is 23.5. The monoisotopic (exact) mass is 511 g/mol. The van der Waals surface area contributed by atoms with Crippen LogP contribution in [0.15, 0.2) is 53.3 Å². The molecule has 0 aliphatic carbocycles. The van der Waals surface area contributed by atoms with Crippen molar-refractivity contribution in [1.82, 2.24) is 30.0 Å². The summed E-state index contributed by atoms with van der Waals surface area (Å²) in [6.45, 7) is 1.77. The van der Waals surface area contributed by atoms with Crippen molar-refractivity contribution in [3.63, 3.8) is 0 Å². The number of ether oxygens (including phenoxy) is 1. The van der Waals surface area contributed by atoms with Gasteiger partial charge in [-0.1, -0.05) is 0 Å². The zero-order valence-electron chi connectivity index (χ0n) is 17.7. The molecule has 168 valence electrons. The molecule has 1 atom stereocenters. The van der Waals surface area contributed by atoms with E-state index in [1.807, 2.05) is 0 Å². The Morgan fingerprint density at radius 1 is 1.24 bits per heavy atom. The number of halogens is 2. The summed E-state index contributed by atoms with van der Waals surface area (Å²) >= 11 is 3.34. The van der Waals surface area contributed by atoms with Crippen LogP contribution in [-0.2, 0) is 6.54 Å². The van der Waals surface area contributed by atoms with Crippen LogP contribution < -0.4 is 10.5 Å². The highest BCUT2D eigenvalue weighted by molar-refractivity contribution is 9.10. The van der Waals surface area contributed by atoms with E-state index in [1.165, 1.54) is 36.5 Å². The first kappa shape index (κ1) is 22.5. The predicted octanol–water partition coefficient (Wildman–Crippen LogP) is 3.71. The summed E-state index contributed by atoms with van der Waals surface area (Å²) in [6.07, 6.45) is 2.90. The van der Waals surface area contributed by atoms with Gasteiger partial charge in [0.2, 0.25) is 5.88 Å². The number of rotatable bonds is 6. The van der Waals surface area contributed by atoms with Crippen molar-refractivity contribution in [2.24, 2.45) is 0 Å². The number of hydrogen-bond acceptors (Lipinski definition) is 8. The molecule has 0 radical (unpaired) electrons. The lowest BCUT2D eigenvalue weighted by Crippen LogP contribution is -2.34. The van der Waals surface area contributed by atoms with Gasteiger partial charge in [-0.25, -0.2) is 14.4 Å². The molecular formula is C22H19BrFN7O2. The van der Waals surface area contributed by atoms with Gasteiger partial charge >= 0.3 is 0 Å². The molecule has 4 rings (SSSR count). The highest BCUT2D eigenvalue weighted by Gasteiger charge is 2.27. The lowest BCUT2D eigenvalue weighted by molar-refractivity contribution is 0.0663. The predicted molar refractivity (Wildman–Crippen MR) is 123 cm³/mol. The molecule has 4 heterocycles. The Hall–Kier alpha value is -3.73. The summed E-state index contributed by atoms with van der Waals surface area (Å²) in [6, 6.07) is 8.84. The molecule has 0 bridgehead atoms. The Bertz CT molecular complexity index is 1320. The third kappa shape index (κ3) is 4.72. The number of methoxy groups -OCH3 is 1. The van der Waals surface area contributed by atoms with E-state index in [4.69, 9.17) is 10.5 Å². The fraction of sp³-hybridized carbons (Fsp3) is 0.182. The quantitative estimate of drug-likeness (QED) is 0.415. The van der Waals surface area contributed by atoms with E-state index in [0.29, 0.717) is 38.5 Å². The van der Waals surface area contributed by atoms with Gasteiger partial charge in [-0.2, -0.15) is 5.10 Å². The Kier molecular flexibility index (Phi) is 6.40. The Morgan fingerprint density at radius 3 is 2.76 bits per heavy atom. The van der Waals surface area contributed by atoms with Crippen LogP contribution in [0.4, 0.5) is 10.2 Å². The number of hydrogen-bond donors (Lipinski definition) is 1. The molecule has 0 aliphatic rings. The van der Waals surface area contributed by atoms with Crippen LogP contribution in [0.2, 0.25) is 0 Å². The molecule has 33 heavy (non-hydrogen) atoms. The average molecular weight is 512 g/mol. The summed E-state index contributed by atoms with van der Waals surface area (Å²) < 4.78 is 20.1. The molecule has 0 fully saturated rings. The highest BCUT2D eigenvalue weighted by atomic mass is 79.9. The SMILES string of the molecule is COc1ccc(CN(C(=O)c2cnc3nc(N)c(Br)cc3c2)[C@H](C)c2ncccc2F)nn1. The molecule has 0 spiro atoms. The average Bonchev–Trinajstić information content (AvgIpc) is 2.83. The first-order valence-corrected chi connectivity index (χ1v) is 10.7. The van der Waals surface area contributed by atoms with Crippen molar-refractivity contribution in [1.29, 1.82) is 0 Å². The summed E-state index contributed by atoms with van der Waals surface area (Å²) in [5.41, 5.74) is 7.16. The highest BCUT2D eigenvalue weighted by Crippen LogP contribution is 2.27. The van der Waals surface area contributed by atoms with E-state index >= 15 is 0 Å². The third-order valence-corrected chi connectivity index (χ3v) is 5.68. The first-order chi connectivity index (χ1) is 15.9. The lowest BCUT2D eigenvalue weighted by Gasteiger charge is -2.29. The zero-order valence-corrected chi connectivity index (χ0v) is 19.3. The van der Waals surface area contributed by atoms with Crippen molar-refractivity contribution in [2.45, 2.75) is 19.5 Å². The van der Waals surface area contributed by atoms with E-state index < -0.39 is 11.9 Å². The van der Waals surface area contributed by atoms with Crippen LogP contribution in [0.25, 0.3) is 11.0 Å². The molecule has 4 aromatic rings. The third-order valence-electron chi connectivity index (χ3n) is 5.04. The number of anilines is 1. The molecule has 0 aromatic carbocycles. The molecule has 0 unspecified atom stereocenters. The van der Waals surface area contributed by atoms with E-state index in [1.54, 1.807) is 31.2 Å². The summed E-state index contributed by atoms with van der Waals surface area (Å²) in [4.78, 5) is 27.7. The Labute approximate surface area is 197 Å². The number of carbonyl (C=O) groups excluding carboxylic acids is 1. The second kappa shape index (κ2) is 9.41. The topological polar surface area (TPSA) is 120 Å². The lowest BCUT2D eigenvalue weighted by atomic mass is 10.1. The summed E-state index contributed by atoms with van der Waals surface area (Å²) in [5.74, 6) is -0.249. The van der Waals surface area contributed by atoms with E-state index in [-0.39, 0.29) is 18.1 Å². The summed E-state index contributed by atoms with van der Waals surface area (Å²) in [5, 5.41) is 8.69. The van der Waals surface area contributed by atoms with Gasteiger partial charge in [0, 0.05) is 23.8 Å². The van der Waals surface area contributed by atoms with Crippen LogP contribution in [0.5, 0.6) is 5.88 Å². The van der Waals surface area contributed by atoms with Gasteiger partial charge < -0.3 is 15.4 Å². The minimum absolute atomic E-state index is 0.0642. The van der Waals surface area contributed by atoms with Crippen LogP contribution in [0.3, 0.4) is 0 Å². The molecule has 0 saturated carbocycles. The molecule has 2 N–H and O–H groups in total.